The van der Waals surface area contributed by atoms with Crippen LogP contribution in [-0.2, 0) is 9.47 Å². The molecule has 2 heterocycles. The van der Waals surface area contributed by atoms with Gasteiger partial charge in [-0.15, -0.1) is 13.2 Å². The molecule has 1 saturated carbocycles. The number of benzene rings is 2. The van der Waals surface area contributed by atoms with Crippen LogP contribution in [0.25, 0.3) is 28.1 Å². The van der Waals surface area contributed by atoms with Crippen LogP contribution < -0.4 is 15.4 Å². The number of anilines is 2. The monoisotopic (exact) mass is 591 g/mol. The fraction of sp³-hybridized carbons (Fsp3) is 0.344. The number of allylic oxidation sites excluding steroid dienone is 2. The topological polar surface area (TPSA) is 82.8 Å². The van der Waals surface area contributed by atoms with Gasteiger partial charge in [-0.25, -0.2) is 9.97 Å². The van der Waals surface area contributed by atoms with Crippen LogP contribution >= 0.6 is 0 Å². The molecule has 43 heavy (non-hydrogen) atoms. The maximum atomic E-state index is 13.5. The largest absolute Gasteiger partial charge is 0.523 e. The van der Waals surface area contributed by atoms with Crippen LogP contribution in [0.15, 0.2) is 77.9 Å². The van der Waals surface area contributed by atoms with E-state index in [1.165, 1.54) is 0 Å². The predicted octanol–water partition coefficient (Wildman–Crippen LogP) is 6.85. The highest BCUT2D eigenvalue weighted by Crippen LogP contribution is 2.36. The number of methoxy groups -OCH3 is 2. The van der Waals surface area contributed by atoms with Crippen LogP contribution in [0, 0.1) is 0 Å². The lowest BCUT2D eigenvalue weighted by Crippen LogP contribution is -2.29. The van der Waals surface area contributed by atoms with E-state index in [1.54, 1.807) is 44.7 Å². The summed E-state index contributed by atoms with van der Waals surface area (Å²) in [6, 6.07) is 14.9. The van der Waals surface area contributed by atoms with Crippen molar-refractivity contribution in [3.63, 3.8) is 0 Å². The Balaban J connectivity index is 1.57. The maximum Gasteiger partial charge on any atom is 0.523 e. The molecule has 1 atom stereocenters. The van der Waals surface area contributed by atoms with E-state index in [0.717, 1.165) is 25.7 Å². The Hall–Kier alpha value is -4.22. The molecule has 4 aliphatic rings. The molecule has 11 heteroatoms. The molecule has 8 nitrogen and oxygen atoms in total. The molecule has 1 aromatic heterocycles. The Labute approximate surface area is 246 Å². The number of alkyl halides is 3. The van der Waals surface area contributed by atoms with Gasteiger partial charge >= 0.3 is 6.36 Å². The minimum Gasteiger partial charge on any atom is -0.480 e. The lowest BCUT2D eigenvalue weighted by atomic mass is 9.93. The van der Waals surface area contributed by atoms with Crippen LogP contribution in [0.1, 0.15) is 32.1 Å². The molecule has 0 spiro atoms. The zero-order valence-electron chi connectivity index (χ0n) is 23.8. The number of pyridine rings is 1. The van der Waals surface area contributed by atoms with Crippen molar-refractivity contribution in [2.75, 3.05) is 19.5 Å². The Morgan fingerprint density at radius 1 is 1.00 bits per heavy atom. The molecule has 224 valence electrons. The number of nitrogens with zero attached hydrogens (tertiary/aromatic N) is 4. The van der Waals surface area contributed by atoms with Gasteiger partial charge in [0.05, 0.1) is 58.4 Å². The second kappa shape index (κ2) is 12.2. The molecule has 1 fully saturated rings. The SMILES string of the molecule is COc1ncccc1Nc1cc2nc3ccccc3n(C3=CC=CCC3OC(F)(F)F)c-2cc1=NC1CCC(OC)CC1. The third kappa shape index (κ3) is 6.28. The van der Waals surface area contributed by atoms with E-state index in [2.05, 4.69) is 15.0 Å². The summed E-state index contributed by atoms with van der Waals surface area (Å²) in [6.07, 6.45) is 4.54. The van der Waals surface area contributed by atoms with Gasteiger partial charge in [0.1, 0.15) is 11.8 Å². The Kier molecular flexibility index (Phi) is 8.18. The minimum atomic E-state index is -4.80. The minimum absolute atomic E-state index is 0.0557. The molecule has 1 aliphatic heterocycles. The first kappa shape index (κ1) is 28.9. The van der Waals surface area contributed by atoms with E-state index < -0.39 is 12.5 Å². The molecule has 3 aliphatic carbocycles. The number of para-hydroxylation sites is 2. The summed E-state index contributed by atoms with van der Waals surface area (Å²) in [5.41, 5.74) is 4.18. The Morgan fingerprint density at radius 3 is 2.58 bits per heavy atom. The number of halogens is 3. The summed E-state index contributed by atoms with van der Waals surface area (Å²) >= 11 is 0. The summed E-state index contributed by atoms with van der Waals surface area (Å²) in [4.78, 5) is 14.4. The molecule has 0 radical (unpaired) electrons. The Morgan fingerprint density at radius 2 is 1.81 bits per heavy atom. The number of nitrogens with one attached hydrogen (secondary N) is 1. The van der Waals surface area contributed by atoms with Gasteiger partial charge < -0.3 is 19.4 Å². The molecule has 1 N–H and O–H groups in total. The first-order valence-electron chi connectivity index (χ1n) is 14.2. The summed E-state index contributed by atoms with van der Waals surface area (Å²) in [7, 11) is 3.28. The van der Waals surface area contributed by atoms with E-state index in [4.69, 9.17) is 19.5 Å². The van der Waals surface area contributed by atoms with Crippen molar-refractivity contribution in [3.8, 4) is 17.3 Å². The molecule has 2 aromatic rings. The third-order valence-corrected chi connectivity index (χ3v) is 7.85. The van der Waals surface area contributed by atoms with Gasteiger partial charge in [-0.3, -0.25) is 9.73 Å². The standard InChI is InChI=1S/C32H32F3N5O3/c1-41-21-15-13-20(14-16-21)37-25-19-29-26(18-24(25)39-23-9-7-17-36-31(23)42-2)38-22-8-3-4-10-27(22)40(29)28-11-5-6-12-30(28)43-32(33,34)35/h3-11,17-21,30,39H,12-16H2,1-2H3. The highest BCUT2D eigenvalue weighted by atomic mass is 19.4. The predicted molar refractivity (Wildman–Crippen MR) is 158 cm³/mol. The van der Waals surface area contributed by atoms with Gasteiger partial charge in [0, 0.05) is 13.3 Å². The van der Waals surface area contributed by atoms with Crippen molar-refractivity contribution in [1.29, 1.82) is 0 Å². The number of aromatic nitrogens is 3. The fourth-order valence-electron chi connectivity index (χ4n) is 5.81. The van der Waals surface area contributed by atoms with Crippen LogP contribution in [-0.4, -0.2) is 53.4 Å². The van der Waals surface area contributed by atoms with Crippen molar-refractivity contribution in [3.05, 3.63) is 78.3 Å². The van der Waals surface area contributed by atoms with Crippen molar-refractivity contribution in [1.82, 2.24) is 14.5 Å². The number of hydrogen-bond acceptors (Lipinski definition) is 7. The second-order valence-electron chi connectivity index (χ2n) is 10.6. The highest BCUT2D eigenvalue weighted by Gasteiger charge is 2.36. The molecule has 1 aromatic carbocycles. The van der Waals surface area contributed by atoms with Crippen molar-refractivity contribution in [2.45, 2.75) is 56.7 Å². The quantitative estimate of drug-likeness (QED) is 0.237. The smallest absolute Gasteiger partial charge is 0.480 e. The van der Waals surface area contributed by atoms with Gasteiger partial charge in [-0.05, 0) is 74.6 Å². The molecular weight excluding hydrogens is 559 g/mol. The van der Waals surface area contributed by atoms with Crippen molar-refractivity contribution in [2.24, 2.45) is 4.99 Å². The van der Waals surface area contributed by atoms with Crippen LogP contribution in [0.4, 0.5) is 24.5 Å². The number of fused-ring (bicyclic) bond motifs is 2. The van der Waals surface area contributed by atoms with E-state index in [9.17, 15) is 13.2 Å². The van der Waals surface area contributed by atoms with Crippen LogP contribution in [0.2, 0.25) is 0 Å². The molecule has 0 bridgehead atoms. The zero-order valence-corrected chi connectivity index (χ0v) is 23.8. The normalized spacial score (nSPS) is 21.3. The van der Waals surface area contributed by atoms with Gasteiger partial charge in [0.2, 0.25) is 5.88 Å². The number of rotatable bonds is 7. The van der Waals surface area contributed by atoms with Gasteiger partial charge in [0.25, 0.3) is 0 Å². The lowest BCUT2D eigenvalue weighted by Gasteiger charge is -2.29. The molecule has 0 amide bonds. The van der Waals surface area contributed by atoms with E-state index >= 15 is 0 Å². The summed E-state index contributed by atoms with van der Waals surface area (Å²) in [5.74, 6) is 0.418. The third-order valence-electron chi connectivity index (χ3n) is 7.85. The second-order valence-corrected chi connectivity index (χ2v) is 10.6. The molecular formula is C32H32F3N5O3. The average Bonchev–Trinajstić information content (AvgIpc) is 3.00. The highest BCUT2D eigenvalue weighted by molar-refractivity contribution is 5.87. The van der Waals surface area contributed by atoms with Crippen molar-refractivity contribution >= 4 is 28.1 Å². The zero-order chi connectivity index (χ0) is 30.0. The summed E-state index contributed by atoms with van der Waals surface area (Å²) in [5, 5.41) is 4.08. The van der Waals surface area contributed by atoms with Crippen LogP contribution in [0.5, 0.6) is 5.88 Å². The number of ether oxygens (including phenoxy) is 3. The lowest BCUT2D eigenvalue weighted by molar-refractivity contribution is -0.334. The molecule has 6 rings (SSSR count). The summed E-state index contributed by atoms with van der Waals surface area (Å²) < 4.78 is 58.0. The van der Waals surface area contributed by atoms with E-state index in [0.29, 0.717) is 50.7 Å². The first-order valence-corrected chi connectivity index (χ1v) is 14.2. The Bertz CT molecular complexity index is 1710. The van der Waals surface area contributed by atoms with E-state index in [-0.39, 0.29) is 18.6 Å². The average molecular weight is 592 g/mol. The van der Waals surface area contributed by atoms with Gasteiger partial charge in [0.15, 0.2) is 0 Å². The fourth-order valence-corrected chi connectivity index (χ4v) is 5.81. The molecule has 0 saturated heterocycles. The van der Waals surface area contributed by atoms with E-state index in [1.807, 2.05) is 47.0 Å². The van der Waals surface area contributed by atoms with Gasteiger partial charge in [-0.1, -0.05) is 24.3 Å². The van der Waals surface area contributed by atoms with Crippen LogP contribution in [0.3, 0.4) is 0 Å². The van der Waals surface area contributed by atoms with Gasteiger partial charge in [-0.2, -0.15) is 0 Å². The summed E-state index contributed by atoms with van der Waals surface area (Å²) in [6.45, 7) is 0. The maximum absolute atomic E-state index is 13.5. The first-order chi connectivity index (χ1) is 20.8. The molecule has 1 unspecified atom stereocenters. The number of hydrogen-bond donors (Lipinski definition) is 1. The van der Waals surface area contributed by atoms with Crippen molar-refractivity contribution < 1.29 is 27.4 Å².